The number of cyclic esters (lactones) is 1. The molecule has 3 atom stereocenters. The van der Waals surface area contributed by atoms with Gasteiger partial charge in [0.1, 0.15) is 12.2 Å². The fourth-order valence-electron chi connectivity index (χ4n) is 1.38. The summed E-state index contributed by atoms with van der Waals surface area (Å²) in [5, 5.41) is 0. The Morgan fingerprint density at radius 2 is 1.70 bits per heavy atom. The van der Waals surface area contributed by atoms with E-state index < -0.39 is 49.9 Å². The van der Waals surface area contributed by atoms with Gasteiger partial charge in [0, 0.05) is 0 Å². The zero-order valence-corrected chi connectivity index (χ0v) is 11.6. The molecule has 0 spiro atoms. The molecule has 13 heteroatoms. The summed E-state index contributed by atoms with van der Waals surface area (Å²) in [6.07, 6.45) is -2.53. The van der Waals surface area contributed by atoms with Crippen molar-refractivity contribution in [1.29, 1.82) is 0 Å². The van der Waals surface area contributed by atoms with Gasteiger partial charge < -0.3 is 8.86 Å². The molecule has 1 heterocycles. The maximum atomic E-state index is 12.0. The molecular weight excluding hydrogens is 331 g/mol. The molecule has 0 N–H and O–H groups in total. The Morgan fingerprint density at radius 1 is 1.20 bits per heavy atom. The molecule has 0 bridgehead atoms. The van der Waals surface area contributed by atoms with Crippen LogP contribution in [0.15, 0.2) is 0 Å². The van der Waals surface area contributed by atoms with Crippen LogP contribution in [0.1, 0.15) is 13.8 Å². The van der Waals surface area contributed by atoms with Gasteiger partial charge in [-0.1, -0.05) is 0 Å². The zero-order valence-electron chi connectivity index (χ0n) is 9.99. The number of hydrogen-bond acceptors (Lipinski definition) is 7. The summed E-state index contributed by atoms with van der Waals surface area (Å²) < 4.78 is 90.2. The van der Waals surface area contributed by atoms with Gasteiger partial charge in [0.15, 0.2) is 10.0 Å². The molecule has 3 unspecified atom stereocenters. The molecule has 8 nitrogen and oxygen atoms in total. The smallest absolute Gasteiger partial charge is 0.460 e. The molecule has 0 radical (unpaired) electrons. The number of hydrogen-bond donors (Lipinski definition) is 0. The lowest BCUT2D eigenvalue weighted by Gasteiger charge is -2.25. The van der Waals surface area contributed by atoms with Gasteiger partial charge >= 0.3 is 11.5 Å². The van der Waals surface area contributed by atoms with Crippen molar-refractivity contribution in [2.24, 2.45) is 5.92 Å². The first kappa shape index (κ1) is 17.1. The van der Waals surface area contributed by atoms with Crippen LogP contribution in [0.4, 0.5) is 13.2 Å². The van der Waals surface area contributed by atoms with Crippen LogP contribution >= 0.6 is 0 Å². The fourth-order valence-corrected chi connectivity index (χ4v) is 3.42. The molecule has 118 valence electrons. The van der Waals surface area contributed by atoms with Gasteiger partial charge in [0.05, 0.1) is 5.92 Å². The van der Waals surface area contributed by atoms with E-state index in [4.69, 9.17) is 0 Å². The number of esters is 1. The molecule has 1 saturated heterocycles. The molecular formula is C7H9F3NO7S2-. The highest BCUT2D eigenvalue weighted by Crippen LogP contribution is 2.33. The predicted molar refractivity (Wildman–Crippen MR) is 56.8 cm³/mol. The number of sulfonamides is 1. The summed E-state index contributed by atoms with van der Waals surface area (Å²) >= 11 is 0. The molecule has 1 aliphatic heterocycles. The van der Waals surface area contributed by atoms with Crippen LogP contribution in [-0.4, -0.2) is 40.5 Å². The molecule has 0 saturated carbocycles. The molecule has 0 aromatic carbocycles. The third-order valence-corrected chi connectivity index (χ3v) is 4.91. The molecule has 1 aliphatic rings. The van der Waals surface area contributed by atoms with Gasteiger partial charge in [-0.2, -0.15) is 13.2 Å². The normalized spacial score (nSPS) is 28.4. The van der Waals surface area contributed by atoms with Gasteiger partial charge in [-0.05, 0) is 13.8 Å². The summed E-state index contributed by atoms with van der Waals surface area (Å²) in [4.78, 5) is 11.1. The van der Waals surface area contributed by atoms with E-state index in [0.717, 1.165) is 0 Å². The zero-order chi connectivity index (χ0) is 15.9. The Bertz CT molecular complexity index is 596. The van der Waals surface area contributed by atoms with E-state index in [1.54, 1.807) is 4.13 Å². The summed E-state index contributed by atoms with van der Waals surface area (Å²) in [5.41, 5.74) is -5.87. The largest absolute Gasteiger partial charge is 0.480 e. The van der Waals surface area contributed by atoms with Gasteiger partial charge in [0.2, 0.25) is 10.3 Å². The van der Waals surface area contributed by atoms with E-state index >= 15 is 0 Å². The summed E-state index contributed by atoms with van der Waals surface area (Å²) in [6.45, 7) is 2.45. The van der Waals surface area contributed by atoms with Crippen LogP contribution in [0.25, 0.3) is 4.13 Å². The van der Waals surface area contributed by atoms with Crippen molar-refractivity contribution in [3.8, 4) is 0 Å². The average Bonchev–Trinajstić information content (AvgIpc) is 2.41. The van der Waals surface area contributed by atoms with E-state index in [1.807, 2.05) is 0 Å². The molecule has 20 heavy (non-hydrogen) atoms. The summed E-state index contributed by atoms with van der Waals surface area (Å²) in [5.74, 6) is -1.92. The second-order valence-electron chi connectivity index (χ2n) is 3.91. The first-order chi connectivity index (χ1) is 8.77. The number of carbonyl (C=O) groups is 1. The first-order valence-corrected chi connectivity index (χ1v) is 7.76. The Kier molecular flexibility index (Phi) is 4.39. The maximum Gasteiger partial charge on any atom is 0.480 e. The predicted octanol–water partition coefficient (Wildman–Crippen LogP) is 0.421. The summed E-state index contributed by atoms with van der Waals surface area (Å²) in [6, 6.07) is 0. The second-order valence-corrected chi connectivity index (χ2v) is 6.97. The van der Waals surface area contributed by atoms with Crippen molar-refractivity contribution in [2.45, 2.75) is 31.6 Å². The SMILES string of the molecule is CC1OC(=O)C(C)C1OS(=O)(=O)[N-]S(=O)(=O)C(F)(F)F. The van der Waals surface area contributed by atoms with Gasteiger partial charge in [-0.15, -0.1) is 0 Å². The number of halogens is 3. The lowest BCUT2D eigenvalue weighted by atomic mass is 10.1. The minimum Gasteiger partial charge on any atom is -0.460 e. The van der Waals surface area contributed by atoms with Crippen LogP contribution in [0.5, 0.6) is 0 Å². The van der Waals surface area contributed by atoms with E-state index in [0.29, 0.717) is 0 Å². The van der Waals surface area contributed by atoms with E-state index in [9.17, 15) is 34.8 Å². The standard InChI is InChI=1S/C7H9F3NO7S2/c1-3-5(4(2)17-6(3)12)18-20(15,16)11-19(13,14)7(8,9)10/h3-5H,1-2H3/q-1. The quantitative estimate of drug-likeness (QED) is 0.681. The first-order valence-electron chi connectivity index (χ1n) is 4.96. The highest BCUT2D eigenvalue weighted by molar-refractivity contribution is 8.10. The van der Waals surface area contributed by atoms with Crippen LogP contribution in [0.2, 0.25) is 0 Å². The van der Waals surface area contributed by atoms with Crippen molar-refractivity contribution in [1.82, 2.24) is 0 Å². The number of nitrogens with zero attached hydrogens (tertiary/aromatic N) is 1. The van der Waals surface area contributed by atoms with E-state index in [-0.39, 0.29) is 0 Å². The summed E-state index contributed by atoms with van der Waals surface area (Å²) in [7, 11) is -11.7. The molecule has 1 fully saturated rings. The monoisotopic (exact) mass is 340 g/mol. The van der Waals surface area contributed by atoms with Crippen molar-refractivity contribution >= 4 is 26.3 Å². The Morgan fingerprint density at radius 3 is 2.05 bits per heavy atom. The topological polar surface area (TPSA) is 118 Å². The lowest BCUT2D eigenvalue weighted by molar-refractivity contribution is -0.143. The lowest BCUT2D eigenvalue weighted by Crippen LogP contribution is -2.31. The Hall–Kier alpha value is -0.920. The number of ether oxygens (including phenoxy) is 1. The molecule has 0 aliphatic carbocycles. The molecule has 0 aromatic rings. The number of rotatable bonds is 4. The fraction of sp³-hybridized carbons (Fsp3) is 0.857. The second kappa shape index (κ2) is 5.13. The van der Waals surface area contributed by atoms with Crippen molar-refractivity contribution in [2.75, 3.05) is 0 Å². The van der Waals surface area contributed by atoms with Crippen molar-refractivity contribution in [3.05, 3.63) is 4.13 Å². The van der Waals surface area contributed by atoms with Crippen molar-refractivity contribution < 1.29 is 43.7 Å². The number of carbonyl (C=O) groups excluding carboxylic acids is 1. The third kappa shape index (κ3) is 3.59. The van der Waals surface area contributed by atoms with Gasteiger partial charge in [0.25, 0.3) is 0 Å². The third-order valence-electron chi connectivity index (χ3n) is 2.34. The van der Waals surface area contributed by atoms with Crippen LogP contribution in [0, 0.1) is 5.92 Å². The van der Waals surface area contributed by atoms with E-state index in [1.165, 1.54) is 13.8 Å². The molecule has 0 aromatic heterocycles. The highest BCUT2D eigenvalue weighted by atomic mass is 32.3. The Balaban J connectivity index is 2.90. The Labute approximate surface area is 112 Å². The molecule has 1 rings (SSSR count). The van der Waals surface area contributed by atoms with Gasteiger partial charge in [-0.3, -0.25) is 8.98 Å². The number of alkyl halides is 3. The minimum atomic E-state index is -6.26. The van der Waals surface area contributed by atoms with Crippen LogP contribution < -0.4 is 0 Å². The highest BCUT2D eigenvalue weighted by Gasteiger charge is 2.44. The van der Waals surface area contributed by atoms with E-state index in [2.05, 4.69) is 8.92 Å². The maximum absolute atomic E-state index is 12.0. The van der Waals surface area contributed by atoms with Crippen molar-refractivity contribution in [3.63, 3.8) is 0 Å². The van der Waals surface area contributed by atoms with Crippen LogP contribution in [0.3, 0.4) is 0 Å². The average molecular weight is 340 g/mol. The molecule has 0 amide bonds. The van der Waals surface area contributed by atoms with Gasteiger partial charge in [-0.25, -0.2) is 16.8 Å². The minimum absolute atomic E-state index is 0.823. The van der Waals surface area contributed by atoms with Crippen LogP contribution in [-0.2, 0) is 34.0 Å².